The van der Waals surface area contributed by atoms with Crippen LogP contribution in [0.15, 0.2) is 54.6 Å². The second kappa shape index (κ2) is 5.11. The maximum atomic E-state index is 11.1. The summed E-state index contributed by atoms with van der Waals surface area (Å²) in [6, 6.07) is 15.6. The molecule has 1 aliphatic rings. The van der Waals surface area contributed by atoms with Crippen molar-refractivity contribution in [3.8, 4) is 5.75 Å². The van der Waals surface area contributed by atoms with E-state index in [0.717, 1.165) is 17.4 Å². The molecule has 0 atom stereocenters. The number of benzene rings is 2. The smallest absolute Gasteiger partial charge is 0.153 e. The number of aldehydes is 1. The Labute approximate surface area is 112 Å². The van der Waals surface area contributed by atoms with Crippen LogP contribution >= 0.6 is 0 Å². The van der Waals surface area contributed by atoms with Crippen molar-refractivity contribution < 1.29 is 9.53 Å². The van der Waals surface area contributed by atoms with Gasteiger partial charge in [-0.3, -0.25) is 4.79 Å². The molecule has 2 aromatic carbocycles. The van der Waals surface area contributed by atoms with Crippen molar-refractivity contribution in [2.24, 2.45) is 0 Å². The number of rotatable bonds is 5. The van der Waals surface area contributed by atoms with Crippen LogP contribution in [0.4, 0.5) is 0 Å². The van der Waals surface area contributed by atoms with Gasteiger partial charge in [0.25, 0.3) is 0 Å². The molecule has 0 fully saturated rings. The maximum absolute atomic E-state index is 11.1. The standard InChI is InChI=1S/C17H13O2/c18-11-16-10-15(14-6-7-14)8-9-17(16)19-12-13-4-2-1-3-5-13/h1-11H,12H2. The van der Waals surface area contributed by atoms with E-state index in [2.05, 4.69) is 0 Å². The Morgan fingerprint density at radius 3 is 2.53 bits per heavy atom. The van der Waals surface area contributed by atoms with Gasteiger partial charge in [0, 0.05) is 6.42 Å². The molecule has 0 saturated heterocycles. The van der Waals surface area contributed by atoms with Crippen LogP contribution in [0.3, 0.4) is 0 Å². The fourth-order valence-electron chi connectivity index (χ4n) is 1.92. The van der Waals surface area contributed by atoms with E-state index in [4.69, 9.17) is 4.74 Å². The first-order valence-corrected chi connectivity index (χ1v) is 6.18. The summed E-state index contributed by atoms with van der Waals surface area (Å²) in [5.74, 6) is 0.629. The van der Waals surface area contributed by atoms with Crippen molar-refractivity contribution in [3.05, 3.63) is 77.7 Å². The van der Waals surface area contributed by atoms with E-state index in [1.165, 1.54) is 5.57 Å². The van der Waals surface area contributed by atoms with Crippen molar-refractivity contribution in [2.45, 2.75) is 6.61 Å². The fourth-order valence-corrected chi connectivity index (χ4v) is 1.92. The number of allylic oxidation sites excluding steroid dienone is 2. The predicted molar refractivity (Wildman–Crippen MR) is 74.9 cm³/mol. The third kappa shape index (κ3) is 2.74. The van der Waals surface area contributed by atoms with Gasteiger partial charge in [0.05, 0.1) is 5.56 Å². The lowest BCUT2D eigenvalue weighted by Gasteiger charge is -2.09. The van der Waals surface area contributed by atoms with Crippen LogP contribution in [0, 0.1) is 6.42 Å². The van der Waals surface area contributed by atoms with Crippen molar-refractivity contribution in [1.29, 1.82) is 0 Å². The Morgan fingerprint density at radius 2 is 1.84 bits per heavy atom. The summed E-state index contributed by atoms with van der Waals surface area (Å²) in [7, 11) is 0. The normalized spacial score (nSPS) is 12.7. The zero-order valence-electron chi connectivity index (χ0n) is 10.4. The van der Waals surface area contributed by atoms with Gasteiger partial charge in [-0.1, -0.05) is 42.5 Å². The maximum Gasteiger partial charge on any atom is 0.153 e. The SMILES string of the molecule is O=Cc1cc(C2=C[CH]2)ccc1OCc1ccccc1. The molecule has 2 nitrogen and oxygen atoms in total. The number of ether oxygens (including phenoxy) is 1. The van der Waals surface area contributed by atoms with E-state index in [1.807, 2.05) is 61.0 Å². The first kappa shape index (κ1) is 11.7. The molecule has 0 heterocycles. The highest BCUT2D eigenvalue weighted by atomic mass is 16.5. The van der Waals surface area contributed by atoms with E-state index in [9.17, 15) is 4.79 Å². The van der Waals surface area contributed by atoms with Gasteiger partial charge in [0.2, 0.25) is 0 Å². The van der Waals surface area contributed by atoms with Crippen LogP contribution in [0.5, 0.6) is 5.75 Å². The van der Waals surface area contributed by atoms with Crippen LogP contribution in [0.25, 0.3) is 5.57 Å². The molecule has 2 aromatic rings. The monoisotopic (exact) mass is 249 g/mol. The quantitative estimate of drug-likeness (QED) is 0.755. The molecule has 0 unspecified atom stereocenters. The van der Waals surface area contributed by atoms with Crippen LogP contribution in [-0.4, -0.2) is 6.29 Å². The fraction of sp³-hybridized carbons (Fsp3) is 0.0588. The molecule has 0 aromatic heterocycles. The largest absolute Gasteiger partial charge is 0.488 e. The summed E-state index contributed by atoms with van der Waals surface area (Å²) in [6.07, 6.45) is 4.88. The summed E-state index contributed by atoms with van der Waals surface area (Å²) in [4.78, 5) is 11.1. The van der Waals surface area contributed by atoms with E-state index in [0.29, 0.717) is 17.9 Å². The number of hydrogen-bond donors (Lipinski definition) is 0. The first-order valence-electron chi connectivity index (χ1n) is 6.18. The van der Waals surface area contributed by atoms with Gasteiger partial charge in [-0.15, -0.1) is 0 Å². The molecule has 0 spiro atoms. The third-order valence-electron chi connectivity index (χ3n) is 3.04. The zero-order valence-corrected chi connectivity index (χ0v) is 10.4. The minimum Gasteiger partial charge on any atom is -0.488 e. The molecule has 1 aliphatic carbocycles. The molecular weight excluding hydrogens is 236 g/mol. The summed E-state index contributed by atoms with van der Waals surface area (Å²) in [5, 5.41) is 0. The minimum absolute atomic E-state index is 0.468. The highest BCUT2D eigenvalue weighted by Gasteiger charge is 2.13. The van der Waals surface area contributed by atoms with Gasteiger partial charge in [-0.25, -0.2) is 0 Å². The van der Waals surface area contributed by atoms with Crippen LogP contribution in [0.2, 0.25) is 0 Å². The van der Waals surface area contributed by atoms with Crippen molar-refractivity contribution in [2.75, 3.05) is 0 Å². The summed E-state index contributed by atoms with van der Waals surface area (Å²) < 4.78 is 5.71. The molecule has 0 aliphatic heterocycles. The van der Waals surface area contributed by atoms with Gasteiger partial charge in [-0.2, -0.15) is 0 Å². The molecular formula is C17H13O2. The second-order valence-electron chi connectivity index (χ2n) is 4.43. The highest BCUT2D eigenvalue weighted by molar-refractivity contribution is 5.90. The van der Waals surface area contributed by atoms with Crippen LogP contribution in [-0.2, 0) is 6.61 Å². The third-order valence-corrected chi connectivity index (χ3v) is 3.04. The van der Waals surface area contributed by atoms with Gasteiger partial charge >= 0.3 is 0 Å². The summed E-state index contributed by atoms with van der Waals surface area (Å²) >= 11 is 0. The summed E-state index contributed by atoms with van der Waals surface area (Å²) in [6.45, 7) is 0.468. The Kier molecular flexibility index (Phi) is 3.15. The second-order valence-corrected chi connectivity index (χ2v) is 4.43. The number of carbonyl (C=O) groups is 1. The van der Waals surface area contributed by atoms with E-state index < -0.39 is 0 Å². The molecule has 93 valence electrons. The Balaban J connectivity index is 1.77. The van der Waals surface area contributed by atoms with Crippen molar-refractivity contribution in [1.82, 2.24) is 0 Å². The van der Waals surface area contributed by atoms with Crippen LogP contribution < -0.4 is 4.74 Å². The molecule has 0 saturated carbocycles. The lowest BCUT2D eigenvalue weighted by Crippen LogP contribution is -1.98. The predicted octanol–water partition coefficient (Wildman–Crippen LogP) is 3.68. The summed E-state index contributed by atoms with van der Waals surface area (Å²) in [5.41, 5.74) is 3.92. The van der Waals surface area contributed by atoms with Crippen LogP contribution in [0.1, 0.15) is 21.5 Å². The molecule has 3 rings (SSSR count). The minimum atomic E-state index is 0.468. The lowest BCUT2D eigenvalue weighted by atomic mass is 10.1. The number of hydrogen-bond acceptors (Lipinski definition) is 2. The topological polar surface area (TPSA) is 26.3 Å². The van der Waals surface area contributed by atoms with Gasteiger partial charge < -0.3 is 4.74 Å². The Hall–Kier alpha value is -2.35. The zero-order chi connectivity index (χ0) is 13.1. The van der Waals surface area contributed by atoms with Gasteiger partial charge in [0.1, 0.15) is 12.4 Å². The van der Waals surface area contributed by atoms with Crippen molar-refractivity contribution in [3.63, 3.8) is 0 Å². The lowest BCUT2D eigenvalue weighted by molar-refractivity contribution is 0.111. The average molecular weight is 249 g/mol. The molecule has 2 heteroatoms. The molecule has 1 radical (unpaired) electrons. The molecule has 0 N–H and O–H groups in total. The highest BCUT2D eigenvalue weighted by Crippen LogP contribution is 2.32. The molecule has 0 amide bonds. The molecule has 19 heavy (non-hydrogen) atoms. The Bertz CT molecular complexity index is 627. The van der Waals surface area contributed by atoms with Gasteiger partial charge in [-0.05, 0) is 28.8 Å². The Morgan fingerprint density at radius 1 is 1.05 bits per heavy atom. The molecule has 0 bridgehead atoms. The number of carbonyl (C=O) groups excluding carboxylic acids is 1. The van der Waals surface area contributed by atoms with Gasteiger partial charge in [0.15, 0.2) is 6.29 Å². The average Bonchev–Trinajstić information content (AvgIpc) is 3.30. The van der Waals surface area contributed by atoms with Crippen molar-refractivity contribution >= 4 is 11.9 Å². The van der Waals surface area contributed by atoms with E-state index in [-0.39, 0.29) is 0 Å². The first-order chi connectivity index (χ1) is 9.36. The van der Waals surface area contributed by atoms with E-state index in [1.54, 1.807) is 0 Å². The van der Waals surface area contributed by atoms with E-state index >= 15 is 0 Å².